The van der Waals surface area contributed by atoms with E-state index in [-0.39, 0.29) is 30.7 Å². The number of anilines is 1. The Kier molecular flexibility index (Phi) is 6.13. The Labute approximate surface area is 163 Å². The number of rotatable bonds is 8. The van der Waals surface area contributed by atoms with E-state index in [1.54, 1.807) is 37.3 Å². The quantitative estimate of drug-likeness (QED) is 0.706. The highest BCUT2D eigenvalue weighted by Crippen LogP contribution is 2.30. The Balaban J connectivity index is 1.77. The molecular weight excluding hydrogens is 360 g/mol. The molecule has 0 unspecified atom stereocenters. The van der Waals surface area contributed by atoms with Crippen LogP contribution in [0.2, 0.25) is 0 Å². The third-order valence-corrected chi connectivity index (χ3v) is 4.57. The van der Waals surface area contributed by atoms with Crippen molar-refractivity contribution >= 4 is 23.5 Å². The lowest BCUT2D eigenvalue weighted by atomic mass is 10.1. The fourth-order valence-corrected chi connectivity index (χ4v) is 2.86. The zero-order chi connectivity index (χ0) is 20.1. The van der Waals surface area contributed by atoms with E-state index in [4.69, 9.17) is 9.15 Å². The minimum Gasteiger partial charge on any atom is -0.465 e. The first-order valence-corrected chi connectivity index (χ1v) is 9.38. The van der Waals surface area contributed by atoms with E-state index in [1.165, 1.54) is 11.2 Å². The van der Waals surface area contributed by atoms with Gasteiger partial charge in [-0.15, -0.1) is 0 Å². The standard InChI is InChI=1S/C21H24N2O5/c1-3-27-19(24)13-23(12-15-7-8-15)21(26)16-9-6-14(2)17(11-16)22-20(25)18-5-4-10-28-18/h4-6,9-11,15H,3,7-8,12-13H2,1-2H3,(H,22,25). The second-order valence-electron chi connectivity index (χ2n) is 6.90. The van der Waals surface area contributed by atoms with Crippen molar-refractivity contribution in [2.75, 3.05) is 25.0 Å². The van der Waals surface area contributed by atoms with Crippen LogP contribution in [0.15, 0.2) is 41.0 Å². The number of carbonyl (C=O) groups is 3. The molecule has 1 aromatic carbocycles. The maximum Gasteiger partial charge on any atom is 0.325 e. The number of benzene rings is 1. The normalized spacial score (nSPS) is 13.1. The van der Waals surface area contributed by atoms with Gasteiger partial charge < -0.3 is 19.4 Å². The zero-order valence-electron chi connectivity index (χ0n) is 16.1. The number of hydrogen-bond acceptors (Lipinski definition) is 5. The van der Waals surface area contributed by atoms with Crippen LogP contribution in [0.5, 0.6) is 0 Å². The third kappa shape index (κ3) is 5.00. The Morgan fingerprint density at radius 2 is 2.04 bits per heavy atom. The van der Waals surface area contributed by atoms with Crippen LogP contribution >= 0.6 is 0 Å². The molecule has 3 rings (SSSR count). The van der Waals surface area contributed by atoms with Crippen LogP contribution in [0.4, 0.5) is 5.69 Å². The molecule has 28 heavy (non-hydrogen) atoms. The van der Waals surface area contributed by atoms with Gasteiger partial charge in [-0.2, -0.15) is 0 Å². The van der Waals surface area contributed by atoms with Crippen LogP contribution < -0.4 is 5.32 Å². The summed E-state index contributed by atoms with van der Waals surface area (Å²) in [6.45, 7) is 4.30. The monoisotopic (exact) mass is 384 g/mol. The highest BCUT2D eigenvalue weighted by Gasteiger charge is 2.29. The van der Waals surface area contributed by atoms with Crippen molar-refractivity contribution in [1.82, 2.24) is 4.90 Å². The molecule has 0 aliphatic heterocycles. The molecule has 2 aromatic rings. The number of aryl methyl sites for hydroxylation is 1. The van der Waals surface area contributed by atoms with E-state index in [2.05, 4.69) is 5.32 Å². The van der Waals surface area contributed by atoms with Gasteiger partial charge in [0.1, 0.15) is 6.54 Å². The smallest absolute Gasteiger partial charge is 0.325 e. The van der Waals surface area contributed by atoms with Crippen LogP contribution in [-0.2, 0) is 9.53 Å². The van der Waals surface area contributed by atoms with Crippen molar-refractivity contribution in [3.63, 3.8) is 0 Å². The summed E-state index contributed by atoms with van der Waals surface area (Å²) in [5, 5.41) is 2.77. The minimum absolute atomic E-state index is 0.0782. The Morgan fingerprint density at radius 3 is 2.68 bits per heavy atom. The summed E-state index contributed by atoms with van der Waals surface area (Å²) in [6.07, 6.45) is 3.54. The van der Waals surface area contributed by atoms with Gasteiger partial charge in [0.2, 0.25) is 0 Å². The Bertz CT molecular complexity index is 856. The van der Waals surface area contributed by atoms with E-state index in [9.17, 15) is 14.4 Å². The van der Waals surface area contributed by atoms with Crippen LogP contribution in [-0.4, -0.2) is 42.4 Å². The molecule has 1 aromatic heterocycles. The van der Waals surface area contributed by atoms with Gasteiger partial charge in [0.05, 0.1) is 12.9 Å². The van der Waals surface area contributed by atoms with Gasteiger partial charge in [-0.25, -0.2) is 0 Å². The minimum atomic E-state index is -0.421. The van der Waals surface area contributed by atoms with Crippen molar-refractivity contribution in [2.45, 2.75) is 26.7 Å². The maximum absolute atomic E-state index is 13.0. The lowest BCUT2D eigenvalue weighted by Gasteiger charge is -2.22. The summed E-state index contributed by atoms with van der Waals surface area (Å²) < 4.78 is 10.1. The van der Waals surface area contributed by atoms with Gasteiger partial charge in [0, 0.05) is 17.8 Å². The van der Waals surface area contributed by atoms with E-state index in [1.807, 2.05) is 6.92 Å². The number of carbonyl (C=O) groups excluding carboxylic acids is 3. The predicted octanol–water partition coefficient (Wildman–Crippen LogP) is 3.26. The number of nitrogens with one attached hydrogen (secondary N) is 1. The average molecular weight is 384 g/mol. The first-order chi connectivity index (χ1) is 13.5. The number of hydrogen-bond donors (Lipinski definition) is 1. The molecule has 2 amide bonds. The molecule has 7 heteroatoms. The second kappa shape index (κ2) is 8.73. The lowest BCUT2D eigenvalue weighted by Crippen LogP contribution is -2.38. The average Bonchev–Trinajstić information content (AvgIpc) is 3.31. The number of esters is 1. The second-order valence-corrected chi connectivity index (χ2v) is 6.90. The summed E-state index contributed by atoms with van der Waals surface area (Å²) >= 11 is 0. The van der Waals surface area contributed by atoms with Gasteiger partial charge in [0.25, 0.3) is 11.8 Å². The fraction of sp³-hybridized carbons (Fsp3) is 0.381. The molecule has 0 atom stereocenters. The highest BCUT2D eigenvalue weighted by molar-refractivity contribution is 6.04. The first-order valence-electron chi connectivity index (χ1n) is 9.38. The van der Waals surface area contributed by atoms with E-state index < -0.39 is 5.97 Å². The topological polar surface area (TPSA) is 88.9 Å². The summed E-state index contributed by atoms with van der Waals surface area (Å²) in [5.74, 6) is -0.446. The number of nitrogens with zero attached hydrogens (tertiary/aromatic N) is 1. The number of ether oxygens (including phenoxy) is 1. The summed E-state index contributed by atoms with van der Waals surface area (Å²) in [5.41, 5.74) is 1.75. The van der Waals surface area contributed by atoms with Crippen LogP contribution in [0.25, 0.3) is 0 Å². The molecule has 0 bridgehead atoms. The first kappa shape index (κ1) is 19.7. The predicted molar refractivity (Wildman–Crippen MR) is 103 cm³/mol. The molecule has 0 spiro atoms. The largest absolute Gasteiger partial charge is 0.465 e. The molecule has 1 aliphatic carbocycles. The van der Waals surface area contributed by atoms with Crippen molar-refractivity contribution < 1.29 is 23.5 Å². The maximum atomic E-state index is 13.0. The van der Waals surface area contributed by atoms with Gasteiger partial charge >= 0.3 is 5.97 Å². The molecule has 1 saturated carbocycles. The van der Waals surface area contributed by atoms with Crippen molar-refractivity contribution in [3.8, 4) is 0 Å². The molecule has 0 radical (unpaired) electrons. The van der Waals surface area contributed by atoms with E-state index in [0.29, 0.717) is 23.7 Å². The van der Waals surface area contributed by atoms with Crippen LogP contribution in [0.3, 0.4) is 0 Å². The van der Waals surface area contributed by atoms with Gasteiger partial charge in [-0.05, 0) is 62.4 Å². The molecule has 1 N–H and O–H groups in total. The van der Waals surface area contributed by atoms with Crippen molar-refractivity contribution in [1.29, 1.82) is 0 Å². The lowest BCUT2D eigenvalue weighted by molar-refractivity contribution is -0.143. The summed E-state index contributed by atoms with van der Waals surface area (Å²) in [4.78, 5) is 38.7. The van der Waals surface area contributed by atoms with Crippen LogP contribution in [0, 0.1) is 12.8 Å². The molecule has 1 fully saturated rings. The van der Waals surface area contributed by atoms with Crippen molar-refractivity contribution in [3.05, 3.63) is 53.5 Å². The summed E-state index contributed by atoms with van der Waals surface area (Å²) in [6, 6.07) is 8.29. The van der Waals surface area contributed by atoms with E-state index in [0.717, 1.165) is 18.4 Å². The molecular formula is C21H24N2O5. The molecule has 1 aliphatic rings. The van der Waals surface area contributed by atoms with E-state index >= 15 is 0 Å². The molecule has 148 valence electrons. The third-order valence-electron chi connectivity index (χ3n) is 4.57. The van der Waals surface area contributed by atoms with Gasteiger partial charge in [0.15, 0.2) is 5.76 Å². The molecule has 1 heterocycles. The molecule has 7 nitrogen and oxygen atoms in total. The van der Waals surface area contributed by atoms with Crippen LogP contribution in [0.1, 0.15) is 46.2 Å². The van der Waals surface area contributed by atoms with Gasteiger partial charge in [-0.3, -0.25) is 14.4 Å². The van der Waals surface area contributed by atoms with Gasteiger partial charge in [-0.1, -0.05) is 6.07 Å². The highest BCUT2D eigenvalue weighted by atomic mass is 16.5. The fourth-order valence-electron chi connectivity index (χ4n) is 2.86. The SMILES string of the molecule is CCOC(=O)CN(CC1CC1)C(=O)c1ccc(C)c(NC(=O)c2ccco2)c1. The Hall–Kier alpha value is -3.09. The number of furan rings is 1. The van der Waals surface area contributed by atoms with Crippen molar-refractivity contribution in [2.24, 2.45) is 5.92 Å². The summed E-state index contributed by atoms with van der Waals surface area (Å²) in [7, 11) is 0. The molecule has 0 saturated heterocycles. The zero-order valence-corrected chi connectivity index (χ0v) is 16.1. The number of amides is 2. The Morgan fingerprint density at radius 1 is 1.25 bits per heavy atom.